The standard InChI is InChI=1S/C18H15BrN4O2S/c1-2-10-22-17(14-4-3-5-16(11-14)23(24)25)20-21-18(22)26-12-13-6-8-15(19)9-7-13/h2-9,11H,1,10,12H2. The lowest BCUT2D eigenvalue weighted by atomic mass is 10.2. The molecule has 1 aromatic heterocycles. The lowest BCUT2D eigenvalue weighted by molar-refractivity contribution is -0.384. The first-order valence-corrected chi connectivity index (χ1v) is 9.52. The molecule has 0 aliphatic heterocycles. The van der Waals surface area contributed by atoms with Crippen LogP contribution in [0, 0.1) is 10.1 Å². The Labute approximate surface area is 163 Å². The van der Waals surface area contributed by atoms with E-state index in [1.807, 2.05) is 28.8 Å². The highest BCUT2D eigenvalue weighted by Gasteiger charge is 2.16. The molecule has 0 spiro atoms. The molecule has 26 heavy (non-hydrogen) atoms. The van der Waals surface area contributed by atoms with Crippen LogP contribution >= 0.6 is 27.7 Å². The third-order valence-electron chi connectivity index (χ3n) is 3.62. The summed E-state index contributed by atoms with van der Waals surface area (Å²) in [5.41, 5.74) is 1.85. The van der Waals surface area contributed by atoms with Gasteiger partial charge >= 0.3 is 0 Å². The summed E-state index contributed by atoms with van der Waals surface area (Å²) in [6.07, 6.45) is 1.76. The molecule has 0 aliphatic carbocycles. The molecule has 0 aliphatic rings. The van der Waals surface area contributed by atoms with Crippen molar-refractivity contribution in [3.63, 3.8) is 0 Å². The average molecular weight is 431 g/mol. The number of aromatic nitrogens is 3. The first kappa shape index (κ1) is 18.3. The van der Waals surface area contributed by atoms with Crippen molar-refractivity contribution in [1.82, 2.24) is 14.8 Å². The highest BCUT2D eigenvalue weighted by molar-refractivity contribution is 9.10. The van der Waals surface area contributed by atoms with Gasteiger partial charge in [-0.15, -0.1) is 16.8 Å². The summed E-state index contributed by atoms with van der Waals surface area (Å²) in [6.45, 7) is 4.31. The van der Waals surface area contributed by atoms with E-state index in [0.29, 0.717) is 17.9 Å². The number of nitro benzene ring substituents is 1. The van der Waals surface area contributed by atoms with Crippen LogP contribution in [0.2, 0.25) is 0 Å². The topological polar surface area (TPSA) is 73.8 Å². The number of hydrogen-bond donors (Lipinski definition) is 0. The normalized spacial score (nSPS) is 10.7. The highest BCUT2D eigenvalue weighted by Crippen LogP contribution is 2.28. The van der Waals surface area contributed by atoms with Crippen LogP contribution in [0.25, 0.3) is 11.4 Å². The Hall–Kier alpha value is -2.45. The number of nitrogens with zero attached hydrogens (tertiary/aromatic N) is 4. The molecule has 2 aromatic carbocycles. The van der Waals surface area contributed by atoms with Gasteiger partial charge in [0.05, 0.1) is 4.92 Å². The molecule has 0 atom stereocenters. The minimum absolute atomic E-state index is 0.0275. The van der Waals surface area contributed by atoms with Crippen LogP contribution in [0.4, 0.5) is 5.69 Å². The summed E-state index contributed by atoms with van der Waals surface area (Å²) in [7, 11) is 0. The van der Waals surface area contributed by atoms with Gasteiger partial charge in [0.1, 0.15) is 0 Å². The molecule has 0 bridgehead atoms. The van der Waals surface area contributed by atoms with Crippen LogP contribution < -0.4 is 0 Å². The Kier molecular flexibility index (Phi) is 5.85. The number of thioether (sulfide) groups is 1. The Morgan fingerprint density at radius 2 is 2.00 bits per heavy atom. The van der Waals surface area contributed by atoms with E-state index in [0.717, 1.165) is 15.4 Å². The lowest BCUT2D eigenvalue weighted by Gasteiger charge is -2.08. The van der Waals surface area contributed by atoms with Crippen molar-refractivity contribution in [1.29, 1.82) is 0 Å². The molecule has 0 N–H and O–H groups in total. The van der Waals surface area contributed by atoms with Crippen molar-refractivity contribution < 1.29 is 4.92 Å². The monoisotopic (exact) mass is 430 g/mol. The Bertz CT molecular complexity index is 941. The summed E-state index contributed by atoms with van der Waals surface area (Å²) >= 11 is 4.99. The van der Waals surface area contributed by atoms with Gasteiger partial charge in [-0.25, -0.2) is 0 Å². The number of non-ortho nitro benzene ring substituents is 1. The van der Waals surface area contributed by atoms with E-state index in [4.69, 9.17) is 0 Å². The predicted octanol–water partition coefficient (Wildman–Crippen LogP) is 5.09. The summed E-state index contributed by atoms with van der Waals surface area (Å²) < 4.78 is 2.95. The minimum atomic E-state index is -0.416. The van der Waals surface area contributed by atoms with Gasteiger partial charge in [-0.3, -0.25) is 14.7 Å². The maximum Gasteiger partial charge on any atom is 0.270 e. The third kappa shape index (κ3) is 4.20. The van der Waals surface area contributed by atoms with Gasteiger partial charge in [-0.05, 0) is 17.7 Å². The summed E-state index contributed by atoms with van der Waals surface area (Å²) in [5.74, 6) is 1.34. The van der Waals surface area contributed by atoms with E-state index in [9.17, 15) is 10.1 Å². The fraction of sp³-hybridized carbons (Fsp3) is 0.111. The van der Waals surface area contributed by atoms with Crippen LogP contribution in [0.3, 0.4) is 0 Å². The van der Waals surface area contributed by atoms with Crippen molar-refractivity contribution in [2.45, 2.75) is 17.5 Å². The fourth-order valence-electron chi connectivity index (χ4n) is 2.39. The van der Waals surface area contributed by atoms with E-state index in [1.54, 1.807) is 30.0 Å². The van der Waals surface area contributed by atoms with E-state index in [-0.39, 0.29) is 5.69 Å². The highest BCUT2D eigenvalue weighted by atomic mass is 79.9. The molecule has 0 unspecified atom stereocenters. The van der Waals surface area contributed by atoms with Crippen molar-refractivity contribution >= 4 is 33.4 Å². The molecule has 3 aromatic rings. The second kappa shape index (κ2) is 8.29. The average Bonchev–Trinajstić information content (AvgIpc) is 3.04. The molecular weight excluding hydrogens is 416 g/mol. The molecule has 3 rings (SSSR count). The second-order valence-corrected chi connectivity index (χ2v) is 7.29. The van der Waals surface area contributed by atoms with E-state index in [2.05, 4.69) is 32.7 Å². The molecule has 0 amide bonds. The number of allylic oxidation sites excluding steroid dienone is 1. The Morgan fingerprint density at radius 1 is 1.23 bits per heavy atom. The summed E-state index contributed by atoms with van der Waals surface area (Å²) in [5, 5.41) is 20.3. The molecule has 0 saturated heterocycles. The van der Waals surface area contributed by atoms with Crippen LogP contribution in [-0.2, 0) is 12.3 Å². The zero-order chi connectivity index (χ0) is 18.5. The van der Waals surface area contributed by atoms with Crippen LogP contribution in [-0.4, -0.2) is 19.7 Å². The zero-order valence-corrected chi connectivity index (χ0v) is 16.1. The van der Waals surface area contributed by atoms with Crippen LogP contribution in [0.15, 0.2) is 70.8 Å². The second-order valence-electron chi connectivity index (χ2n) is 5.43. The smallest absolute Gasteiger partial charge is 0.270 e. The number of rotatable bonds is 7. The number of benzene rings is 2. The van der Waals surface area contributed by atoms with Crippen molar-refractivity contribution in [2.24, 2.45) is 0 Å². The molecule has 0 radical (unpaired) electrons. The molecular formula is C18H15BrN4O2S. The number of nitro groups is 1. The van der Waals surface area contributed by atoms with Gasteiger partial charge < -0.3 is 0 Å². The SMILES string of the molecule is C=CCn1c(SCc2ccc(Br)cc2)nnc1-c1cccc([N+](=O)[O-])c1. The van der Waals surface area contributed by atoms with E-state index in [1.165, 1.54) is 17.7 Å². The molecule has 0 fully saturated rings. The Morgan fingerprint density at radius 3 is 2.69 bits per heavy atom. The molecule has 8 heteroatoms. The van der Waals surface area contributed by atoms with Gasteiger partial charge in [-0.1, -0.05) is 58.0 Å². The lowest BCUT2D eigenvalue weighted by Crippen LogP contribution is -2.01. The predicted molar refractivity (Wildman–Crippen MR) is 106 cm³/mol. The first-order valence-electron chi connectivity index (χ1n) is 7.74. The van der Waals surface area contributed by atoms with Crippen LogP contribution in [0.1, 0.15) is 5.56 Å². The zero-order valence-electron chi connectivity index (χ0n) is 13.7. The maximum absolute atomic E-state index is 11.0. The summed E-state index contributed by atoms with van der Waals surface area (Å²) in [4.78, 5) is 10.6. The third-order valence-corrected chi connectivity index (χ3v) is 5.19. The fourth-order valence-corrected chi connectivity index (χ4v) is 3.56. The molecule has 1 heterocycles. The van der Waals surface area contributed by atoms with Gasteiger partial charge in [-0.2, -0.15) is 0 Å². The van der Waals surface area contributed by atoms with Gasteiger partial charge in [0, 0.05) is 34.5 Å². The molecule has 132 valence electrons. The first-order chi connectivity index (χ1) is 12.6. The molecule has 0 saturated carbocycles. The van der Waals surface area contributed by atoms with Crippen molar-refractivity contribution in [3.8, 4) is 11.4 Å². The quantitative estimate of drug-likeness (QED) is 0.225. The van der Waals surface area contributed by atoms with Gasteiger partial charge in [0.15, 0.2) is 11.0 Å². The van der Waals surface area contributed by atoms with Crippen molar-refractivity contribution in [2.75, 3.05) is 0 Å². The number of hydrogen-bond acceptors (Lipinski definition) is 5. The maximum atomic E-state index is 11.0. The van der Waals surface area contributed by atoms with E-state index >= 15 is 0 Å². The summed E-state index contributed by atoms with van der Waals surface area (Å²) in [6, 6.07) is 14.5. The molecule has 6 nitrogen and oxygen atoms in total. The van der Waals surface area contributed by atoms with Crippen molar-refractivity contribution in [3.05, 3.63) is 81.3 Å². The van der Waals surface area contributed by atoms with E-state index < -0.39 is 4.92 Å². The van der Waals surface area contributed by atoms with Crippen LogP contribution in [0.5, 0.6) is 0 Å². The largest absolute Gasteiger partial charge is 0.298 e. The minimum Gasteiger partial charge on any atom is -0.298 e. The Balaban J connectivity index is 1.88. The number of halogens is 1. The van der Waals surface area contributed by atoms with Gasteiger partial charge in [0.25, 0.3) is 5.69 Å². The van der Waals surface area contributed by atoms with Gasteiger partial charge in [0.2, 0.25) is 0 Å².